The molecule has 11 heteroatoms. The molecule has 1 saturated heterocycles. The van der Waals surface area contributed by atoms with Crippen molar-refractivity contribution in [2.75, 3.05) is 13.1 Å². The van der Waals surface area contributed by atoms with Crippen LogP contribution in [0.3, 0.4) is 0 Å². The number of hydrogen-bond acceptors (Lipinski definition) is 7. The van der Waals surface area contributed by atoms with E-state index in [1.165, 1.54) is 0 Å². The Morgan fingerprint density at radius 1 is 1.07 bits per heavy atom. The van der Waals surface area contributed by atoms with Gasteiger partial charge >= 0.3 is 5.66 Å². The van der Waals surface area contributed by atoms with Gasteiger partial charge in [-0.1, -0.05) is 0 Å². The van der Waals surface area contributed by atoms with Gasteiger partial charge in [0.2, 0.25) is 0 Å². The van der Waals surface area contributed by atoms with Crippen LogP contribution in [0.1, 0.15) is 0 Å². The molecule has 1 rings (SSSR count). The fourth-order valence-corrected chi connectivity index (χ4v) is 0.673. The Balaban J connectivity index is 0.000000364. The van der Waals surface area contributed by atoms with Crippen LogP contribution in [0, 0.1) is 30.3 Å². The van der Waals surface area contributed by atoms with E-state index in [1.807, 2.05) is 0 Å². The molecule has 0 unspecified atom stereocenters. The van der Waals surface area contributed by atoms with Crippen LogP contribution < -0.4 is 5.32 Å². The van der Waals surface area contributed by atoms with E-state index >= 15 is 0 Å². The topological polar surface area (TPSA) is 162 Å². The van der Waals surface area contributed by atoms with E-state index in [9.17, 15) is 20.2 Å². The van der Waals surface area contributed by atoms with Crippen molar-refractivity contribution < 1.29 is 20.1 Å². The zero-order valence-corrected chi connectivity index (χ0v) is 6.65. The molecule has 0 bridgehead atoms. The first kappa shape index (κ1) is 12.0. The van der Waals surface area contributed by atoms with Crippen LogP contribution in [0.4, 0.5) is 0 Å². The molecule has 14 heavy (non-hydrogen) atoms. The summed E-state index contributed by atoms with van der Waals surface area (Å²) in [5.74, 6) is 0. The first-order valence-corrected chi connectivity index (χ1v) is 3.16. The molecule has 0 aromatic rings. The summed E-state index contributed by atoms with van der Waals surface area (Å²) in [5, 5.41) is 36.3. The number of hydrogen-bond donors (Lipinski definition) is 2. The zero-order valence-electron chi connectivity index (χ0n) is 6.65. The fourth-order valence-electron chi connectivity index (χ4n) is 0.673. The highest BCUT2D eigenvalue weighted by atomic mass is 16.9. The van der Waals surface area contributed by atoms with Gasteiger partial charge in [-0.15, -0.1) is 10.1 Å². The van der Waals surface area contributed by atoms with Gasteiger partial charge in [-0.25, -0.2) is 0 Å². The molecule has 80 valence electrons. The van der Waals surface area contributed by atoms with Crippen molar-refractivity contribution in [2.24, 2.45) is 0 Å². The summed E-state index contributed by atoms with van der Waals surface area (Å²) in [7, 11) is 0. The molecule has 0 aliphatic carbocycles. The second-order valence-electron chi connectivity index (χ2n) is 2.34. The molecule has 2 N–H and O–H groups in total. The first-order valence-electron chi connectivity index (χ1n) is 3.16. The van der Waals surface area contributed by atoms with Gasteiger partial charge < -0.3 is 5.21 Å². The molecule has 1 heterocycles. The summed E-state index contributed by atoms with van der Waals surface area (Å²) >= 11 is 0. The summed E-state index contributed by atoms with van der Waals surface area (Å²) in [6.07, 6.45) is 0. The van der Waals surface area contributed by atoms with Gasteiger partial charge in [-0.2, -0.15) is 0 Å². The number of nitro groups is 2. The maximum Gasteiger partial charge on any atom is 0.482 e. The minimum atomic E-state index is -1.94. The summed E-state index contributed by atoms with van der Waals surface area (Å²) < 4.78 is 0. The molecule has 0 spiro atoms. The lowest BCUT2D eigenvalue weighted by Crippen LogP contribution is -2.68. The average molecular weight is 210 g/mol. The standard InChI is InChI=1S/C3H5N3O4.HNO3/c7-5(8)3(6(9)10)1-4-2-3;2-1(3)4/h4H,1-2H2;(H,2,3,4). The van der Waals surface area contributed by atoms with E-state index in [1.54, 1.807) is 0 Å². The van der Waals surface area contributed by atoms with E-state index in [2.05, 4.69) is 5.32 Å². The second kappa shape index (κ2) is 4.27. The Morgan fingerprint density at radius 2 is 1.36 bits per heavy atom. The lowest BCUT2D eigenvalue weighted by molar-refractivity contribution is -0.802. The molecule has 0 aromatic heterocycles. The number of rotatable bonds is 2. The van der Waals surface area contributed by atoms with Crippen LogP contribution in [0.5, 0.6) is 0 Å². The minimum absolute atomic E-state index is 0.174. The van der Waals surface area contributed by atoms with Gasteiger partial charge in [0.05, 0.1) is 0 Å². The zero-order chi connectivity index (χ0) is 11.4. The van der Waals surface area contributed by atoms with Gasteiger partial charge in [0.1, 0.15) is 22.9 Å². The van der Waals surface area contributed by atoms with Gasteiger partial charge in [0, 0.05) is 0 Å². The monoisotopic (exact) mass is 210 g/mol. The predicted molar refractivity (Wildman–Crippen MR) is 38.4 cm³/mol. The number of nitrogens with zero attached hydrogens (tertiary/aromatic N) is 3. The van der Waals surface area contributed by atoms with E-state index in [0.29, 0.717) is 0 Å². The summed E-state index contributed by atoms with van der Waals surface area (Å²) in [4.78, 5) is 26.8. The van der Waals surface area contributed by atoms with Gasteiger partial charge in [0.15, 0.2) is 0 Å². The Kier molecular flexibility index (Phi) is 3.65. The third kappa shape index (κ3) is 2.48. The van der Waals surface area contributed by atoms with Crippen molar-refractivity contribution in [2.45, 2.75) is 5.66 Å². The van der Waals surface area contributed by atoms with Crippen LogP contribution in [-0.2, 0) is 0 Å². The summed E-state index contributed by atoms with van der Waals surface area (Å²) in [5.41, 5.74) is -1.94. The quantitative estimate of drug-likeness (QED) is 0.315. The molecule has 1 aliphatic heterocycles. The van der Waals surface area contributed by atoms with Crippen molar-refractivity contribution in [1.82, 2.24) is 5.32 Å². The maximum absolute atomic E-state index is 10.1. The smallest absolute Gasteiger partial charge is 0.328 e. The van der Waals surface area contributed by atoms with E-state index in [0.717, 1.165) is 0 Å². The fraction of sp³-hybridized carbons (Fsp3) is 1.00. The Bertz CT molecular complexity index is 240. The van der Waals surface area contributed by atoms with Crippen molar-refractivity contribution in [1.29, 1.82) is 0 Å². The third-order valence-electron chi connectivity index (χ3n) is 1.50. The van der Waals surface area contributed by atoms with Crippen molar-refractivity contribution in [3.8, 4) is 0 Å². The molecule has 1 fully saturated rings. The van der Waals surface area contributed by atoms with Crippen LogP contribution in [0.25, 0.3) is 0 Å². The van der Waals surface area contributed by atoms with Gasteiger partial charge in [0.25, 0.3) is 5.09 Å². The Morgan fingerprint density at radius 3 is 1.36 bits per heavy atom. The SMILES string of the molecule is O=[N+]([O-])C1([N+](=O)[O-])CNC1.O=[N+]([O-])O. The van der Waals surface area contributed by atoms with Crippen LogP contribution in [0.2, 0.25) is 0 Å². The molecular weight excluding hydrogens is 204 g/mol. The average Bonchev–Trinajstić information content (AvgIpc) is 1.78. The highest BCUT2D eigenvalue weighted by Gasteiger charge is 2.61. The molecule has 0 atom stereocenters. The Hall–Kier alpha value is -2.04. The van der Waals surface area contributed by atoms with Crippen molar-refractivity contribution >= 4 is 0 Å². The predicted octanol–water partition coefficient (Wildman–Crippen LogP) is -1.51. The maximum atomic E-state index is 10.1. The Labute approximate surface area is 75.7 Å². The van der Waals surface area contributed by atoms with Crippen LogP contribution in [-0.4, -0.2) is 38.9 Å². The van der Waals surface area contributed by atoms with Crippen molar-refractivity contribution in [3.05, 3.63) is 30.3 Å². The van der Waals surface area contributed by atoms with E-state index < -0.39 is 20.6 Å². The lowest BCUT2D eigenvalue weighted by atomic mass is 10.1. The highest BCUT2D eigenvalue weighted by Crippen LogP contribution is 2.15. The molecule has 0 amide bonds. The number of nitrogens with one attached hydrogen (secondary N) is 1. The van der Waals surface area contributed by atoms with Gasteiger partial charge in [-0.05, 0) is 0 Å². The summed E-state index contributed by atoms with van der Waals surface area (Å²) in [6.45, 7) is -0.347. The van der Waals surface area contributed by atoms with Crippen molar-refractivity contribution in [3.63, 3.8) is 0 Å². The molecule has 1 aliphatic rings. The lowest BCUT2D eigenvalue weighted by Gasteiger charge is -2.24. The normalized spacial score (nSPS) is 16.9. The molecule has 0 radical (unpaired) electrons. The molecule has 11 nitrogen and oxygen atoms in total. The largest absolute Gasteiger partial charge is 0.482 e. The second-order valence-corrected chi connectivity index (χ2v) is 2.34. The molecular formula is C3H6N4O7. The summed E-state index contributed by atoms with van der Waals surface area (Å²) in [6, 6.07) is 0. The molecule has 0 aromatic carbocycles. The third-order valence-corrected chi connectivity index (χ3v) is 1.50. The van der Waals surface area contributed by atoms with Crippen LogP contribution in [0.15, 0.2) is 0 Å². The first-order chi connectivity index (χ1) is 6.33. The minimum Gasteiger partial charge on any atom is -0.328 e. The van der Waals surface area contributed by atoms with Gasteiger partial charge in [-0.3, -0.25) is 25.5 Å². The highest BCUT2D eigenvalue weighted by molar-refractivity contribution is 4.82. The van der Waals surface area contributed by atoms with Crippen LogP contribution >= 0.6 is 0 Å². The molecule has 0 saturated carbocycles. The van der Waals surface area contributed by atoms with E-state index in [-0.39, 0.29) is 13.1 Å². The van der Waals surface area contributed by atoms with E-state index in [4.69, 9.17) is 15.3 Å².